The van der Waals surface area contributed by atoms with Gasteiger partial charge in [0.05, 0.1) is 7.11 Å². The van der Waals surface area contributed by atoms with E-state index in [1.165, 1.54) is 19.4 Å². The molecule has 18 heavy (non-hydrogen) atoms. The highest BCUT2D eigenvalue weighted by Gasteiger charge is 2.36. The minimum atomic E-state index is -0.921. The summed E-state index contributed by atoms with van der Waals surface area (Å²) in [6.45, 7) is 0. The van der Waals surface area contributed by atoms with Gasteiger partial charge in [0.2, 0.25) is 5.82 Å². The van der Waals surface area contributed by atoms with E-state index < -0.39 is 18.0 Å². The highest BCUT2D eigenvalue weighted by molar-refractivity contribution is 5.85. The summed E-state index contributed by atoms with van der Waals surface area (Å²) in [6.07, 6.45) is 3.16. The number of hydrogen-bond donors (Lipinski definition) is 2. The van der Waals surface area contributed by atoms with Crippen molar-refractivity contribution in [2.45, 2.75) is 18.9 Å². The number of nitrogens with zero attached hydrogens (tertiary/aromatic N) is 2. The number of carboxylic acids is 1. The first-order chi connectivity index (χ1) is 8.61. The Morgan fingerprint density at radius 2 is 2.28 bits per heavy atom. The number of hydrogen-bond acceptors (Lipinski definition) is 6. The van der Waals surface area contributed by atoms with Crippen molar-refractivity contribution in [3.8, 4) is 0 Å². The van der Waals surface area contributed by atoms with Crippen LogP contribution >= 0.6 is 0 Å². The number of methoxy groups -OCH3 is 1. The number of ether oxygens (including phenoxy) is 1. The van der Waals surface area contributed by atoms with Gasteiger partial charge in [-0.2, -0.15) is 0 Å². The number of rotatable bonds is 5. The van der Waals surface area contributed by atoms with E-state index in [0.717, 1.165) is 12.8 Å². The summed E-state index contributed by atoms with van der Waals surface area (Å²) >= 11 is 0. The van der Waals surface area contributed by atoms with E-state index in [9.17, 15) is 9.59 Å². The van der Waals surface area contributed by atoms with Crippen LogP contribution in [0.4, 0.5) is 5.82 Å². The SMILES string of the molecule is COC(=O)c1nccc(NC(C(=O)O)C2CC2)n1. The molecule has 2 rings (SSSR count). The lowest BCUT2D eigenvalue weighted by Crippen LogP contribution is -2.31. The second-order valence-electron chi connectivity index (χ2n) is 4.05. The summed E-state index contributed by atoms with van der Waals surface area (Å²) in [4.78, 5) is 30.0. The molecule has 0 aliphatic heterocycles. The topological polar surface area (TPSA) is 101 Å². The number of aliphatic carboxylic acids is 1. The lowest BCUT2D eigenvalue weighted by molar-refractivity contribution is -0.138. The van der Waals surface area contributed by atoms with Crippen LogP contribution in [0.3, 0.4) is 0 Å². The molecule has 1 atom stereocenters. The molecule has 1 aliphatic rings. The van der Waals surface area contributed by atoms with Crippen molar-refractivity contribution in [1.82, 2.24) is 9.97 Å². The predicted octanol–water partition coefficient (Wildman–Crippen LogP) is 0.538. The van der Waals surface area contributed by atoms with Crippen molar-refractivity contribution in [3.05, 3.63) is 18.1 Å². The Morgan fingerprint density at radius 1 is 1.56 bits per heavy atom. The van der Waals surface area contributed by atoms with Crippen LogP contribution in [0.15, 0.2) is 12.3 Å². The van der Waals surface area contributed by atoms with Crippen LogP contribution in [0.25, 0.3) is 0 Å². The molecule has 1 aliphatic carbocycles. The fourth-order valence-electron chi connectivity index (χ4n) is 1.60. The molecule has 1 aromatic rings. The first-order valence-electron chi connectivity index (χ1n) is 5.52. The molecule has 7 nitrogen and oxygen atoms in total. The van der Waals surface area contributed by atoms with Crippen molar-refractivity contribution < 1.29 is 19.4 Å². The first kappa shape index (κ1) is 12.3. The van der Waals surface area contributed by atoms with Crippen molar-refractivity contribution in [3.63, 3.8) is 0 Å². The zero-order valence-corrected chi connectivity index (χ0v) is 9.79. The van der Waals surface area contributed by atoms with Crippen LogP contribution in [0.1, 0.15) is 23.5 Å². The molecule has 1 heterocycles. The lowest BCUT2D eigenvalue weighted by atomic mass is 10.2. The number of carboxylic acid groups (broad SMARTS) is 1. The molecular weight excluding hydrogens is 238 g/mol. The van der Waals surface area contributed by atoms with E-state index in [1.54, 1.807) is 0 Å². The minimum Gasteiger partial charge on any atom is -0.480 e. The number of carbonyl (C=O) groups is 2. The maximum atomic E-state index is 11.2. The van der Waals surface area contributed by atoms with Gasteiger partial charge in [-0.1, -0.05) is 0 Å². The molecule has 0 aromatic carbocycles. The molecule has 7 heteroatoms. The maximum Gasteiger partial charge on any atom is 0.376 e. The quantitative estimate of drug-likeness (QED) is 0.736. The smallest absolute Gasteiger partial charge is 0.376 e. The Kier molecular flexibility index (Phi) is 3.40. The molecule has 96 valence electrons. The summed E-state index contributed by atoms with van der Waals surface area (Å²) in [5.74, 6) is -1.24. The number of anilines is 1. The number of esters is 1. The van der Waals surface area contributed by atoms with Gasteiger partial charge in [-0.3, -0.25) is 0 Å². The third-order valence-electron chi connectivity index (χ3n) is 2.69. The molecule has 1 fully saturated rings. The molecule has 1 aromatic heterocycles. The first-order valence-corrected chi connectivity index (χ1v) is 5.52. The monoisotopic (exact) mass is 251 g/mol. The van der Waals surface area contributed by atoms with E-state index in [4.69, 9.17) is 5.11 Å². The van der Waals surface area contributed by atoms with Gasteiger partial charge in [0.15, 0.2) is 0 Å². The fraction of sp³-hybridized carbons (Fsp3) is 0.455. The van der Waals surface area contributed by atoms with Crippen LogP contribution in [0.5, 0.6) is 0 Å². The lowest BCUT2D eigenvalue weighted by Gasteiger charge is -2.14. The van der Waals surface area contributed by atoms with Crippen molar-refractivity contribution in [1.29, 1.82) is 0 Å². The largest absolute Gasteiger partial charge is 0.480 e. The summed E-state index contributed by atoms with van der Waals surface area (Å²) in [5, 5.41) is 11.9. The molecule has 0 spiro atoms. The Labute approximate surface area is 103 Å². The Hall–Kier alpha value is -2.18. The van der Waals surface area contributed by atoms with Crippen molar-refractivity contribution >= 4 is 17.8 Å². The van der Waals surface area contributed by atoms with Crippen LogP contribution in [0.2, 0.25) is 0 Å². The fourth-order valence-corrected chi connectivity index (χ4v) is 1.60. The van der Waals surface area contributed by atoms with Gasteiger partial charge in [0.25, 0.3) is 0 Å². The van der Waals surface area contributed by atoms with Crippen LogP contribution in [-0.4, -0.2) is 40.2 Å². The molecule has 2 N–H and O–H groups in total. The highest BCUT2D eigenvalue weighted by Crippen LogP contribution is 2.34. The summed E-state index contributed by atoms with van der Waals surface area (Å²) < 4.78 is 4.50. The standard InChI is InChI=1S/C11H13N3O4/c1-18-11(17)9-12-5-4-7(14-9)13-8(10(15)16)6-2-3-6/h4-6,8H,2-3H2,1H3,(H,15,16)(H,12,13,14). The summed E-state index contributed by atoms with van der Waals surface area (Å²) in [7, 11) is 1.23. The van der Waals surface area contributed by atoms with Crippen LogP contribution in [0, 0.1) is 5.92 Å². The molecule has 0 radical (unpaired) electrons. The predicted molar refractivity (Wildman–Crippen MR) is 61.1 cm³/mol. The molecule has 0 amide bonds. The summed E-state index contributed by atoms with van der Waals surface area (Å²) in [5.41, 5.74) is 0. The Bertz CT molecular complexity index is 473. The van der Waals surface area contributed by atoms with E-state index in [0.29, 0.717) is 5.82 Å². The number of nitrogens with one attached hydrogen (secondary N) is 1. The van der Waals surface area contributed by atoms with Crippen LogP contribution < -0.4 is 5.32 Å². The second kappa shape index (κ2) is 4.99. The minimum absolute atomic E-state index is 0.0950. The molecular formula is C11H13N3O4. The Morgan fingerprint density at radius 3 is 2.83 bits per heavy atom. The second-order valence-corrected chi connectivity index (χ2v) is 4.05. The summed E-state index contributed by atoms with van der Waals surface area (Å²) in [6, 6.07) is 0.843. The average molecular weight is 251 g/mol. The third kappa shape index (κ3) is 2.73. The zero-order valence-electron chi connectivity index (χ0n) is 9.79. The Balaban J connectivity index is 2.13. The van der Waals surface area contributed by atoms with Gasteiger partial charge < -0.3 is 15.2 Å². The van der Waals surface area contributed by atoms with Gasteiger partial charge in [-0.05, 0) is 24.8 Å². The van der Waals surface area contributed by atoms with E-state index in [-0.39, 0.29) is 11.7 Å². The number of carbonyl (C=O) groups excluding carboxylic acids is 1. The van der Waals surface area contributed by atoms with Gasteiger partial charge >= 0.3 is 11.9 Å². The molecule has 1 saturated carbocycles. The van der Waals surface area contributed by atoms with Gasteiger partial charge in [0.1, 0.15) is 11.9 Å². The van der Waals surface area contributed by atoms with Gasteiger partial charge in [0, 0.05) is 6.20 Å². The van der Waals surface area contributed by atoms with E-state index in [2.05, 4.69) is 20.0 Å². The normalized spacial score (nSPS) is 15.8. The van der Waals surface area contributed by atoms with Crippen LogP contribution in [-0.2, 0) is 9.53 Å². The van der Waals surface area contributed by atoms with E-state index >= 15 is 0 Å². The average Bonchev–Trinajstić information content (AvgIpc) is 3.19. The zero-order chi connectivity index (χ0) is 13.1. The van der Waals surface area contributed by atoms with Crippen molar-refractivity contribution in [2.75, 3.05) is 12.4 Å². The highest BCUT2D eigenvalue weighted by atomic mass is 16.5. The number of aromatic nitrogens is 2. The van der Waals surface area contributed by atoms with Crippen molar-refractivity contribution in [2.24, 2.45) is 5.92 Å². The van der Waals surface area contributed by atoms with Gasteiger partial charge in [-0.25, -0.2) is 19.6 Å². The third-order valence-corrected chi connectivity index (χ3v) is 2.69. The molecule has 0 bridgehead atoms. The maximum absolute atomic E-state index is 11.2. The molecule has 1 unspecified atom stereocenters. The van der Waals surface area contributed by atoms with E-state index in [1.807, 2.05) is 0 Å². The van der Waals surface area contributed by atoms with Gasteiger partial charge in [-0.15, -0.1) is 0 Å². The molecule has 0 saturated heterocycles.